The molecule has 0 saturated carbocycles. The molecule has 19 heavy (non-hydrogen) atoms. The third kappa shape index (κ3) is 3.60. The average Bonchev–Trinajstić information content (AvgIpc) is 2.36. The molecule has 0 fully saturated rings. The molecule has 1 N–H and O–H groups in total. The molecule has 1 amide bonds. The third-order valence-electron chi connectivity index (χ3n) is 2.22. The Balaban J connectivity index is 2.24. The lowest BCUT2D eigenvalue weighted by molar-refractivity contribution is 0.102. The monoisotopic (exact) mass is 378 g/mol. The number of nitrogens with one attached hydrogen (secondary N) is 1. The van der Waals surface area contributed by atoms with Crippen LogP contribution in [-0.2, 0) is 0 Å². The van der Waals surface area contributed by atoms with Crippen LogP contribution in [-0.4, -0.2) is 10.9 Å². The highest BCUT2D eigenvalue weighted by Crippen LogP contribution is 2.32. The summed E-state index contributed by atoms with van der Waals surface area (Å²) >= 11 is 20.9. The fraction of sp³-hybridized carbons (Fsp3) is 0. The Kier molecular flexibility index (Phi) is 4.68. The molecule has 0 bridgehead atoms. The molecule has 0 unspecified atom stereocenters. The van der Waals surface area contributed by atoms with E-state index in [1.165, 1.54) is 18.3 Å². The number of hydrogen-bond acceptors (Lipinski definition) is 2. The Hall–Kier alpha value is -0.810. The van der Waals surface area contributed by atoms with Crippen LogP contribution in [0.4, 0.5) is 5.69 Å². The van der Waals surface area contributed by atoms with E-state index in [0.29, 0.717) is 20.8 Å². The molecule has 0 aliphatic heterocycles. The van der Waals surface area contributed by atoms with Gasteiger partial charge in [0, 0.05) is 10.7 Å². The minimum Gasteiger partial charge on any atom is -0.319 e. The van der Waals surface area contributed by atoms with E-state index in [4.69, 9.17) is 34.8 Å². The van der Waals surface area contributed by atoms with Gasteiger partial charge in [-0.25, -0.2) is 4.98 Å². The van der Waals surface area contributed by atoms with Crippen molar-refractivity contribution in [3.8, 4) is 0 Å². The van der Waals surface area contributed by atoms with Crippen molar-refractivity contribution in [3.63, 3.8) is 0 Å². The lowest BCUT2D eigenvalue weighted by Crippen LogP contribution is -2.13. The van der Waals surface area contributed by atoms with E-state index in [-0.39, 0.29) is 11.6 Å². The molecular formula is C12H6BrCl3N2O. The van der Waals surface area contributed by atoms with Gasteiger partial charge in [-0.2, -0.15) is 0 Å². The van der Waals surface area contributed by atoms with E-state index in [1.807, 2.05) is 0 Å². The first-order chi connectivity index (χ1) is 8.97. The predicted molar refractivity (Wildman–Crippen MR) is 81.4 cm³/mol. The van der Waals surface area contributed by atoms with Crippen LogP contribution in [0.3, 0.4) is 0 Å². The smallest absolute Gasteiger partial charge is 0.274 e. The maximum Gasteiger partial charge on any atom is 0.274 e. The van der Waals surface area contributed by atoms with Crippen molar-refractivity contribution in [2.45, 2.75) is 0 Å². The number of pyridine rings is 1. The Morgan fingerprint density at radius 3 is 2.42 bits per heavy atom. The second-order valence-electron chi connectivity index (χ2n) is 3.56. The first-order valence-electron chi connectivity index (χ1n) is 5.05. The number of anilines is 1. The number of nitrogens with zero attached hydrogens (tertiary/aromatic N) is 1. The van der Waals surface area contributed by atoms with E-state index < -0.39 is 0 Å². The second-order valence-corrected chi connectivity index (χ2v) is 5.70. The summed E-state index contributed by atoms with van der Waals surface area (Å²) in [6, 6.07) is 6.27. The van der Waals surface area contributed by atoms with Crippen LogP contribution in [0.5, 0.6) is 0 Å². The number of carbonyl (C=O) groups is 1. The third-order valence-corrected chi connectivity index (χ3v) is 3.72. The summed E-state index contributed by atoms with van der Waals surface area (Å²) in [7, 11) is 0. The van der Waals surface area contributed by atoms with Gasteiger partial charge in [0.05, 0.1) is 20.8 Å². The summed E-state index contributed by atoms with van der Waals surface area (Å²) in [6.45, 7) is 0. The first kappa shape index (κ1) is 14.6. The lowest BCUT2D eigenvalue weighted by atomic mass is 10.3. The number of benzene rings is 1. The fourth-order valence-electron chi connectivity index (χ4n) is 1.31. The minimum absolute atomic E-state index is 0.269. The number of aromatic nitrogens is 1. The number of amides is 1. The van der Waals surface area contributed by atoms with Crippen LogP contribution in [0.2, 0.25) is 15.1 Å². The molecule has 0 saturated heterocycles. The van der Waals surface area contributed by atoms with Gasteiger partial charge in [-0.05, 0) is 40.2 Å². The summed E-state index contributed by atoms with van der Waals surface area (Å²) in [4.78, 5) is 15.9. The molecule has 2 rings (SSSR count). The molecule has 3 nitrogen and oxygen atoms in total. The van der Waals surface area contributed by atoms with Crippen molar-refractivity contribution >= 4 is 62.3 Å². The van der Waals surface area contributed by atoms with Crippen molar-refractivity contribution < 1.29 is 4.79 Å². The van der Waals surface area contributed by atoms with Crippen LogP contribution >= 0.6 is 50.7 Å². The number of carbonyl (C=O) groups excluding carboxylic acids is 1. The fourth-order valence-corrected chi connectivity index (χ4v) is 2.14. The Bertz CT molecular complexity index is 632. The molecular weight excluding hydrogens is 374 g/mol. The standard InChI is InChI=1S/C12H6BrCl3N2O/c13-6-1-2-10(17-5-6)12(19)18-11-4-8(15)7(14)3-9(11)16/h1-5H,(H,18,19). The molecule has 0 aliphatic carbocycles. The molecule has 0 spiro atoms. The van der Waals surface area contributed by atoms with Crippen molar-refractivity contribution in [2.24, 2.45) is 0 Å². The average molecular weight is 380 g/mol. The summed E-state index contributed by atoms with van der Waals surface area (Å²) in [5, 5.41) is 3.56. The van der Waals surface area contributed by atoms with Crippen LogP contribution in [0.15, 0.2) is 34.9 Å². The highest BCUT2D eigenvalue weighted by atomic mass is 79.9. The minimum atomic E-state index is -0.382. The van der Waals surface area contributed by atoms with Crippen molar-refractivity contribution in [1.29, 1.82) is 0 Å². The Morgan fingerprint density at radius 1 is 1.11 bits per heavy atom. The van der Waals surface area contributed by atoms with Gasteiger partial charge in [-0.1, -0.05) is 34.8 Å². The SMILES string of the molecule is O=C(Nc1cc(Cl)c(Cl)cc1Cl)c1ccc(Br)cn1. The first-order valence-corrected chi connectivity index (χ1v) is 6.97. The van der Waals surface area contributed by atoms with Crippen LogP contribution in [0, 0.1) is 0 Å². The van der Waals surface area contributed by atoms with Crippen LogP contribution in [0.1, 0.15) is 10.5 Å². The number of hydrogen-bond donors (Lipinski definition) is 1. The van der Waals surface area contributed by atoms with Gasteiger partial charge in [0.15, 0.2) is 0 Å². The summed E-state index contributed by atoms with van der Waals surface area (Å²) in [5.74, 6) is -0.382. The zero-order valence-corrected chi connectivity index (χ0v) is 13.1. The molecule has 2 aromatic rings. The van der Waals surface area contributed by atoms with Gasteiger partial charge in [-0.3, -0.25) is 4.79 Å². The van der Waals surface area contributed by atoms with Gasteiger partial charge < -0.3 is 5.32 Å². The van der Waals surface area contributed by atoms with Gasteiger partial charge in [0.25, 0.3) is 5.91 Å². The quantitative estimate of drug-likeness (QED) is 0.740. The summed E-state index contributed by atoms with van der Waals surface area (Å²) < 4.78 is 0.789. The zero-order chi connectivity index (χ0) is 14.0. The molecule has 0 radical (unpaired) electrons. The van der Waals surface area contributed by atoms with E-state index in [1.54, 1.807) is 12.1 Å². The van der Waals surface area contributed by atoms with Gasteiger partial charge >= 0.3 is 0 Å². The largest absolute Gasteiger partial charge is 0.319 e. The van der Waals surface area contributed by atoms with Crippen LogP contribution < -0.4 is 5.32 Å². The Labute approximate surface area is 133 Å². The van der Waals surface area contributed by atoms with E-state index >= 15 is 0 Å². The molecule has 0 aliphatic rings. The van der Waals surface area contributed by atoms with E-state index in [9.17, 15) is 4.79 Å². The van der Waals surface area contributed by atoms with E-state index in [0.717, 1.165) is 4.47 Å². The maximum absolute atomic E-state index is 12.0. The summed E-state index contributed by atoms with van der Waals surface area (Å²) in [5.41, 5.74) is 0.649. The lowest BCUT2D eigenvalue weighted by Gasteiger charge is -2.08. The number of rotatable bonds is 2. The van der Waals surface area contributed by atoms with Gasteiger partial charge in [-0.15, -0.1) is 0 Å². The van der Waals surface area contributed by atoms with E-state index in [2.05, 4.69) is 26.2 Å². The van der Waals surface area contributed by atoms with Crippen LogP contribution in [0.25, 0.3) is 0 Å². The molecule has 0 atom stereocenters. The van der Waals surface area contributed by atoms with Crippen molar-refractivity contribution in [3.05, 3.63) is 55.7 Å². The second kappa shape index (κ2) is 6.09. The number of halogens is 4. The topological polar surface area (TPSA) is 42.0 Å². The zero-order valence-electron chi connectivity index (χ0n) is 9.25. The highest BCUT2D eigenvalue weighted by molar-refractivity contribution is 9.10. The molecule has 98 valence electrons. The van der Waals surface area contributed by atoms with Gasteiger partial charge in [0.2, 0.25) is 0 Å². The molecule has 1 heterocycles. The van der Waals surface area contributed by atoms with Crippen molar-refractivity contribution in [1.82, 2.24) is 4.98 Å². The Morgan fingerprint density at radius 2 is 1.79 bits per heavy atom. The molecule has 7 heteroatoms. The van der Waals surface area contributed by atoms with Crippen molar-refractivity contribution in [2.75, 3.05) is 5.32 Å². The highest BCUT2D eigenvalue weighted by Gasteiger charge is 2.11. The predicted octanol–water partition coefficient (Wildman–Crippen LogP) is 5.06. The molecule has 1 aromatic carbocycles. The maximum atomic E-state index is 12.0. The molecule has 1 aromatic heterocycles. The summed E-state index contributed by atoms with van der Waals surface area (Å²) in [6.07, 6.45) is 1.53. The normalized spacial score (nSPS) is 10.3. The van der Waals surface area contributed by atoms with Gasteiger partial charge in [0.1, 0.15) is 5.69 Å².